The maximum atomic E-state index is 13.2. The Kier molecular flexibility index (Phi) is 4.95. The van der Waals surface area contributed by atoms with Crippen LogP contribution in [0.15, 0.2) is 18.2 Å². The highest BCUT2D eigenvalue weighted by atomic mass is 31.2. The predicted molar refractivity (Wildman–Crippen MR) is 58.5 cm³/mol. The number of hydrogen-bond acceptors (Lipinski definition) is 5. The molecule has 0 atom stereocenters. The molecule has 0 aliphatic rings. The minimum Gasteiger partial charge on any atom is -0.423 e. The van der Waals surface area contributed by atoms with E-state index in [1.54, 1.807) is 0 Å². The molecule has 0 bridgehead atoms. The van der Waals surface area contributed by atoms with Gasteiger partial charge in [-0.2, -0.15) is 0 Å². The fraction of sp³-hybridized carbons (Fsp3) is 0.300. The van der Waals surface area contributed by atoms with E-state index >= 15 is 0 Å². The van der Waals surface area contributed by atoms with Gasteiger partial charge in [0, 0.05) is 20.3 Å². The van der Waals surface area contributed by atoms with Gasteiger partial charge in [0.25, 0.3) is 0 Å². The van der Waals surface area contributed by atoms with Crippen molar-refractivity contribution >= 4 is 13.6 Å². The summed E-state index contributed by atoms with van der Waals surface area (Å²) < 4.78 is 51.0. The molecule has 0 heterocycles. The Labute approximate surface area is 102 Å². The molecule has 0 saturated heterocycles. The molecule has 0 N–H and O–H groups in total. The predicted octanol–water partition coefficient (Wildman–Crippen LogP) is 2.36. The van der Waals surface area contributed by atoms with E-state index < -0.39 is 37.1 Å². The van der Waals surface area contributed by atoms with Gasteiger partial charge in [0.1, 0.15) is 12.0 Å². The second kappa shape index (κ2) is 6.04. The van der Waals surface area contributed by atoms with Crippen molar-refractivity contribution in [1.82, 2.24) is 0 Å². The molecule has 0 amide bonds. The zero-order chi connectivity index (χ0) is 13.8. The Bertz CT molecular complexity index is 483. The minimum atomic E-state index is -3.57. The Morgan fingerprint density at radius 2 is 1.89 bits per heavy atom. The van der Waals surface area contributed by atoms with Gasteiger partial charge in [-0.15, -0.1) is 0 Å². The zero-order valence-electron chi connectivity index (χ0n) is 9.68. The second-order valence-corrected chi connectivity index (χ2v) is 5.45. The Morgan fingerprint density at radius 1 is 1.28 bits per heavy atom. The van der Waals surface area contributed by atoms with E-state index in [4.69, 9.17) is 0 Å². The van der Waals surface area contributed by atoms with Crippen molar-refractivity contribution in [3.05, 3.63) is 29.8 Å². The first-order chi connectivity index (χ1) is 8.40. The lowest BCUT2D eigenvalue weighted by Gasteiger charge is -2.12. The molecule has 0 unspecified atom stereocenters. The van der Waals surface area contributed by atoms with Gasteiger partial charge >= 0.3 is 13.6 Å². The fourth-order valence-corrected chi connectivity index (χ4v) is 1.86. The molecule has 0 spiro atoms. The number of rotatable bonds is 5. The second-order valence-electron chi connectivity index (χ2n) is 3.18. The molecule has 0 aliphatic heterocycles. The summed E-state index contributed by atoms with van der Waals surface area (Å²) in [5.41, 5.74) is 0. The first-order valence-electron chi connectivity index (χ1n) is 4.76. The number of carbonyl (C=O) groups excluding carboxylic acids is 1. The van der Waals surface area contributed by atoms with E-state index in [1.165, 1.54) is 0 Å². The Morgan fingerprint density at radius 3 is 2.39 bits per heavy atom. The van der Waals surface area contributed by atoms with Crippen molar-refractivity contribution in [3.8, 4) is 5.75 Å². The lowest BCUT2D eigenvalue weighted by molar-refractivity contribution is -0.132. The molecule has 0 aromatic heterocycles. The average Bonchev–Trinajstić information content (AvgIpc) is 2.32. The highest BCUT2D eigenvalue weighted by molar-refractivity contribution is 7.54. The number of ether oxygens (including phenoxy) is 1. The van der Waals surface area contributed by atoms with Crippen LogP contribution in [-0.4, -0.2) is 26.4 Å². The van der Waals surface area contributed by atoms with Crippen molar-refractivity contribution in [3.63, 3.8) is 0 Å². The van der Waals surface area contributed by atoms with Gasteiger partial charge in [0.2, 0.25) is 0 Å². The first-order valence-corrected chi connectivity index (χ1v) is 6.49. The molecule has 18 heavy (non-hydrogen) atoms. The molecule has 0 radical (unpaired) electrons. The van der Waals surface area contributed by atoms with Gasteiger partial charge in [-0.25, -0.2) is 8.78 Å². The topological polar surface area (TPSA) is 61.8 Å². The molecule has 0 fully saturated rings. The van der Waals surface area contributed by atoms with E-state index in [-0.39, 0.29) is 0 Å². The van der Waals surface area contributed by atoms with Gasteiger partial charge in [-0.05, 0) is 12.1 Å². The zero-order valence-corrected chi connectivity index (χ0v) is 10.6. The largest absolute Gasteiger partial charge is 0.423 e. The third-order valence-corrected chi connectivity index (χ3v) is 3.75. The van der Waals surface area contributed by atoms with E-state index in [2.05, 4.69) is 13.8 Å². The van der Waals surface area contributed by atoms with Crippen LogP contribution in [0, 0.1) is 11.6 Å². The number of halogens is 2. The van der Waals surface area contributed by atoms with Crippen LogP contribution in [0.1, 0.15) is 0 Å². The van der Waals surface area contributed by atoms with Crippen LogP contribution in [0.4, 0.5) is 8.78 Å². The van der Waals surface area contributed by atoms with Crippen molar-refractivity contribution in [1.29, 1.82) is 0 Å². The molecule has 1 aromatic rings. The van der Waals surface area contributed by atoms with Crippen LogP contribution in [0.3, 0.4) is 0 Å². The summed E-state index contributed by atoms with van der Waals surface area (Å²) >= 11 is 0. The van der Waals surface area contributed by atoms with E-state index in [0.717, 1.165) is 26.4 Å². The maximum Gasteiger partial charge on any atom is 0.341 e. The van der Waals surface area contributed by atoms with Gasteiger partial charge in [0.15, 0.2) is 11.6 Å². The van der Waals surface area contributed by atoms with Gasteiger partial charge in [-0.3, -0.25) is 9.36 Å². The smallest absolute Gasteiger partial charge is 0.341 e. The minimum absolute atomic E-state index is 0.458. The average molecular weight is 280 g/mol. The summed E-state index contributed by atoms with van der Waals surface area (Å²) in [6, 6.07) is 2.44. The molecular weight excluding hydrogens is 269 g/mol. The summed E-state index contributed by atoms with van der Waals surface area (Å²) in [6.07, 6.45) is -0.670. The standard InChI is InChI=1S/C10H11F2O5P/c1-15-18(14,16-2)6-10(13)17-9-4-3-7(11)5-8(9)12/h3-5H,6H2,1-2H3. The molecule has 8 heteroatoms. The highest BCUT2D eigenvalue weighted by Gasteiger charge is 2.27. The summed E-state index contributed by atoms with van der Waals surface area (Å²) in [7, 11) is -1.36. The lowest BCUT2D eigenvalue weighted by Crippen LogP contribution is -2.15. The van der Waals surface area contributed by atoms with Gasteiger partial charge in [0.05, 0.1) is 0 Å². The van der Waals surface area contributed by atoms with Crippen LogP contribution in [0.2, 0.25) is 0 Å². The van der Waals surface area contributed by atoms with Crippen LogP contribution >= 0.6 is 7.60 Å². The van der Waals surface area contributed by atoms with E-state index in [1.807, 2.05) is 0 Å². The van der Waals surface area contributed by atoms with Gasteiger partial charge in [-0.1, -0.05) is 0 Å². The molecule has 1 aromatic carbocycles. The summed E-state index contributed by atoms with van der Waals surface area (Å²) in [5.74, 6) is -3.30. The van der Waals surface area contributed by atoms with Crippen molar-refractivity contribution in [2.45, 2.75) is 0 Å². The van der Waals surface area contributed by atoms with E-state index in [9.17, 15) is 18.1 Å². The number of carbonyl (C=O) groups is 1. The van der Waals surface area contributed by atoms with Crippen molar-refractivity contribution < 1.29 is 31.9 Å². The summed E-state index contributed by atoms with van der Waals surface area (Å²) in [6.45, 7) is 0. The highest BCUT2D eigenvalue weighted by Crippen LogP contribution is 2.46. The van der Waals surface area contributed by atoms with Crippen LogP contribution in [0.5, 0.6) is 5.75 Å². The monoisotopic (exact) mass is 280 g/mol. The quantitative estimate of drug-likeness (QED) is 0.470. The molecule has 100 valence electrons. The summed E-state index contributed by atoms with van der Waals surface area (Å²) in [4.78, 5) is 11.4. The number of hydrogen-bond donors (Lipinski definition) is 0. The SMILES string of the molecule is COP(=O)(CC(=O)Oc1ccc(F)cc1F)OC. The fourth-order valence-electron chi connectivity index (χ4n) is 1.07. The Balaban J connectivity index is 2.73. The molecule has 0 aliphatic carbocycles. The third kappa shape index (κ3) is 3.87. The van der Waals surface area contributed by atoms with Crippen LogP contribution < -0.4 is 4.74 Å². The lowest BCUT2D eigenvalue weighted by atomic mass is 10.3. The van der Waals surface area contributed by atoms with E-state index in [0.29, 0.717) is 6.07 Å². The van der Waals surface area contributed by atoms with Crippen molar-refractivity contribution in [2.75, 3.05) is 20.4 Å². The molecular formula is C10H11F2O5P. The number of esters is 1. The van der Waals surface area contributed by atoms with Crippen LogP contribution in [0.25, 0.3) is 0 Å². The molecule has 1 rings (SSSR count). The van der Waals surface area contributed by atoms with Gasteiger partial charge < -0.3 is 13.8 Å². The molecule has 5 nitrogen and oxygen atoms in total. The first kappa shape index (κ1) is 14.8. The Hall–Kier alpha value is -1.30. The third-order valence-electron chi connectivity index (χ3n) is 2.00. The maximum absolute atomic E-state index is 13.2. The van der Waals surface area contributed by atoms with Crippen molar-refractivity contribution in [2.24, 2.45) is 0 Å². The normalized spacial score (nSPS) is 11.3. The van der Waals surface area contributed by atoms with Crippen LogP contribution in [-0.2, 0) is 18.4 Å². The molecule has 0 saturated carbocycles. The number of benzene rings is 1. The summed E-state index contributed by atoms with van der Waals surface area (Å²) in [5, 5.41) is 0.